The number of aliphatic carboxylic acids is 1. The number of carboxylic acids is 1. The van der Waals surface area contributed by atoms with E-state index >= 15 is 0 Å². The Morgan fingerprint density at radius 2 is 1.92 bits per heavy atom. The molecule has 2 aromatic carbocycles. The third-order valence-electron chi connectivity index (χ3n) is 3.33. The second-order valence-corrected chi connectivity index (χ2v) is 5.72. The first-order valence-corrected chi connectivity index (χ1v) is 8.08. The Bertz CT molecular complexity index is 777. The van der Waals surface area contributed by atoms with Crippen molar-refractivity contribution in [2.24, 2.45) is 0 Å². The summed E-state index contributed by atoms with van der Waals surface area (Å²) in [6.45, 7) is 6.19. The van der Waals surface area contributed by atoms with E-state index in [0.717, 1.165) is 0 Å². The average molecular weight is 342 g/mol. The molecule has 2 N–H and O–H groups in total. The van der Waals surface area contributed by atoms with Gasteiger partial charge in [0.15, 0.2) is 11.5 Å². The van der Waals surface area contributed by atoms with Crippen LogP contribution in [0.25, 0.3) is 11.6 Å². The van der Waals surface area contributed by atoms with E-state index in [9.17, 15) is 15.0 Å². The fourth-order valence-electron chi connectivity index (χ4n) is 2.34. The van der Waals surface area contributed by atoms with E-state index in [1.54, 1.807) is 36.4 Å². The Balaban J connectivity index is 2.45. The van der Waals surface area contributed by atoms with Gasteiger partial charge in [0.05, 0.1) is 18.3 Å². The molecule has 0 saturated carbocycles. The third kappa shape index (κ3) is 5.01. The summed E-state index contributed by atoms with van der Waals surface area (Å²) >= 11 is 0. The van der Waals surface area contributed by atoms with Crippen LogP contribution in [0.3, 0.4) is 0 Å². The number of benzene rings is 2. The highest BCUT2D eigenvalue weighted by Gasteiger charge is 2.13. The molecule has 0 amide bonds. The molecule has 0 spiro atoms. The lowest BCUT2D eigenvalue weighted by Gasteiger charge is -2.15. The Hall–Kier alpha value is -2.95. The molecule has 0 aliphatic heterocycles. The number of aromatic hydroxyl groups is 1. The standard InChI is InChI=1S/C20H22O5/c1-4-24-19-11-14(8-9-18(19)25-13(2)3)10-17(20(22)23)15-6-5-7-16(21)12-15/h5-13,21H,4H2,1-3H3,(H,22,23)/b17-10-. The average Bonchev–Trinajstić information content (AvgIpc) is 2.54. The van der Waals surface area contributed by atoms with Gasteiger partial charge in [0.2, 0.25) is 0 Å². The highest BCUT2D eigenvalue weighted by molar-refractivity contribution is 6.20. The lowest BCUT2D eigenvalue weighted by molar-refractivity contribution is -0.130. The molecule has 0 heterocycles. The van der Waals surface area contributed by atoms with Gasteiger partial charge in [-0.2, -0.15) is 0 Å². The topological polar surface area (TPSA) is 76.0 Å². The van der Waals surface area contributed by atoms with Gasteiger partial charge in [0, 0.05) is 0 Å². The molecule has 0 atom stereocenters. The van der Waals surface area contributed by atoms with Crippen molar-refractivity contribution in [3.63, 3.8) is 0 Å². The van der Waals surface area contributed by atoms with Crippen LogP contribution in [0.15, 0.2) is 42.5 Å². The fourth-order valence-corrected chi connectivity index (χ4v) is 2.34. The maximum Gasteiger partial charge on any atom is 0.336 e. The van der Waals surface area contributed by atoms with Crippen molar-refractivity contribution in [1.82, 2.24) is 0 Å². The van der Waals surface area contributed by atoms with E-state index in [1.165, 1.54) is 12.1 Å². The van der Waals surface area contributed by atoms with Crippen LogP contribution in [0.5, 0.6) is 17.2 Å². The molecule has 132 valence electrons. The lowest BCUT2D eigenvalue weighted by atomic mass is 10.0. The van der Waals surface area contributed by atoms with Gasteiger partial charge in [0.1, 0.15) is 5.75 Å². The SMILES string of the molecule is CCOc1cc(/C=C(\C(=O)O)c2cccc(O)c2)ccc1OC(C)C. The lowest BCUT2D eigenvalue weighted by Crippen LogP contribution is -2.07. The van der Waals surface area contributed by atoms with Gasteiger partial charge in [-0.15, -0.1) is 0 Å². The predicted octanol–water partition coefficient (Wildman–Crippen LogP) is 4.20. The Morgan fingerprint density at radius 1 is 1.16 bits per heavy atom. The summed E-state index contributed by atoms with van der Waals surface area (Å²) in [7, 11) is 0. The second kappa shape index (κ2) is 8.24. The number of hydrogen-bond donors (Lipinski definition) is 2. The van der Waals surface area contributed by atoms with Gasteiger partial charge in [-0.25, -0.2) is 4.79 Å². The van der Waals surface area contributed by atoms with Gasteiger partial charge in [-0.1, -0.05) is 18.2 Å². The fraction of sp³-hybridized carbons (Fsp3) is 0.250. The van der Waals surface area contributed by atoms with Crippen LogP contribution in [0.2, 0.25) is 0 Å². The molecular weight excluding hydrogens is 320 g/mol. The molecule has 5 heteroatoms. The summed E-state index contributed by atoms with van der Waals surface area (Å²) in [5.41, 5.74) is 1.17. The van der Waals surface area contributed by atoms with Crippen molar-refractivity contribution in [2.75, 3.05) is 6.61 Å². The molecule has 2 rings (SSSR count). The largest absolute Gasteiger partial charge is 0.508 e. The van der Waals surface area contributed by atoms with Crippen molar-refractivity contribution < 1.29 is 24.5 Å². The van der Waals surface area contributed by atoms with Crippen molar-refractivity contribution in [2.45, 2.75) is 26.9 Å². The van der Waals surface area contributed by atoms with E-state index in [-0.39, 0.29) is 17.4 Å². The van der Waals surface area contributed by atoms with E-state index < -0.39 is 5.97 Å². The number of phenolic OH excluding ortho intramolecular Hbond substituents is 1. The minimum absolute atomic E-state index is 0.00229. The smallest absolute Gasteiger partial charge is 0.336 e. The van der Waals surface area contributed by atoms with Crippen LogP contribution in [-0.4, -0.2) is 28.9 Å². The van der Waals surface area contributed by atoms with Gasteiger partial charge < -0.3 is 19.7 Å². The second-order valence-electron chi connectivity index (χ2n) is 5.72. The van der Waals surface area contributed by atoms with Crippen molar-refractivity contribution in [3.05, 3.63) is 53.6 Å². The van der Waals surface area contributed by atoms with Gasteiger partial charge in [-0.3, -0.25) is 0 Å². The summed E-state index contributed by atoms with van der Waals surface area (Å²) in [5.74, 6) is 0.111. The van der Waals surface area contributed by atoms with E-state index in [2.05, 4.69) is 0 Å². The first kappa shape index (κ1) is 18.4. The van der Waals surface area contributed by atoms with E-state index in [4.69, 9.17) is 9.47 Å². The number of carboxylic acid groups (broad SMARTS) is 1. The van der Waals surface area contributed by atoms with Crippen LogP contribution < -0.4 is 9.47 Å². The summed E-state index contributed by atoms with van der Waals surface area (Å²) < 4.78 is 11.3. The van der Waals surface area contributed by atoms with E-state index in [1.807, 2.05) is 20.8 Å². The quantitative estimate of drug-likeness (QED) is 0.582. The van der Waals surface area contributed by atoms with Crippen LogP contribution >= 0.6 is 0 Å². The van der Waals surface area contributed by atoms with Gasteiger partial charge in [0.25, 0.3) is 0 Å². The summed E-state index contributed by atoms with van der Waals surface area (Å²) in [6.07, 6.45) is 1.54. The summed E-state index contributed by atoms with van der Waals surface area (Å²) in [5, 5.41) is 19.1. The number of hydrogen-bond acceptors (Lipinski definition) is 4. The zero-order chi connectivity index (χ0) is 18.4. The number of rotatable bonds is 7. The molecule has 0 aliphatic carbocycles. The first-order chi connectivity index (χ1) is 11.9. The number of ether oxygens (including phenoxy) is 2. The van der Waals surface area contributed by atoms with Crippen LogP contribution in [0.1, 0.15) is 31.9 Å². The van der Waals surface area contributed by atoms with Crippen molar-refractivity contribution in [3.8, 4) is 17.2 Å². The first-order valence-electron chi connectivity index (χ1n) is 8.08. The molecule has 25 heavy (non-hydrogen) atoms. The minimum Gasteiger partial charge on any atom is -0.508 e. The Labute approximate surface area is 147 Å². The molecular formula is C20H22O5. The molecule has 0 saturated heterocycles. The molecule has 0 fully saturated rings. The number of phenols is 1. The third-order valence-corrected chi connectivity index (χ3v) is 3.33. The predicted molar refractivity (Wildman–Crippen MR) is 97.0 cm³/mol. The monoisotopic (exact) mass is 342 g/mol. The van der Waals surface area contributed by atoms with Gasteiger partial charge >= 0.3 is 5.97 Å². The zero-order valence-electron chi connectivity index (χ0n) is 14.5. The number of carbonyl (C=O) groups is 1. The molecule has 0 radical (unpaired) electrons. The van der Waals surface area contributed by atoms with Gasteiger partial charge in [-0.05, 0) is 62.2 Å². The Morgan fingerprint density at radius 3 is 2.52 bits per heavy atom. The molecule has 0 unspecified atom stereocenters. The molecule has 0 aromatic heterocycles. The van der Waals surface area contributed by atoms with Crippen LogP contribution in [0, 0.1) is 0 Å². The maximum absolute atomic E-state index is 11.6. The highest BCUT2D eigenvalue weighted by atomic mass is 16.5. The van der Waals surface area contributed by atoms with Crippen molar-refractivity contribution in [1.29, 1.82) is 0 Å². The summed E-state index contributed by atoms with van der Waals surface area (Å²) in [4.78, 5) is 11.6. The summed E-state index contributed by atoms with van der Waals surface area (Å²) in [6, 6.07) is 11.4. The highest BCUT2D eigenvalue weighted by Crippen LogP contribution is 2.31. The van der Waals surface area contributed by atoms with Crippen molar-refractivity contribution >= 4 is 17.6 Å². The minimum atomic E-state index is -1.08. The molecule has 0 bridgehead atoms. The van der Waals surface area contributed by atoms with Crippen LogP contribution in [-0.2, 0) is 4.79 Å². The Kier molecular flexibility index (Phi) is 6.06. The molecule has 5 nitrogen and oxygen atoms in total. The zero-order valence-corrected chi connectivity index (χ0v) is 14.5. The maximum atomic E-state index is 11.6. The van der Waals surface area contributed by atoms with Crippen LogP contribution in [0.4, 0.5) is 0 Å². The van der Waals surface area contributed by atoms with E-state index in [0.29, 0.717) is 29.2 Å². The molecule has 0 aliphatic rings. The normalized spacial score (nSPS) is 11.4. The molecule has 2 aromatic rings.